The summed E-state index contributed by atoms with van der Waals surface area (Å²) in [5.41, 5.74) is 6.94. The molecule has 0 spiro atoms. The zero-order valence-electron chi connectivity index (χ0n) is 24.8. The third-order valence-electron chi connectivity index (χ3n) is 7.92. The van der Waals surface area contributed by atoms with Crippen LogP contribution < -0.4 is 27.0 Å². The molecule has 228 valence electrons. The second-order valence-corrected chi connectivity index (χ2v) is 11.1. The molecule has 10 heteroatoms. The average Bonchev–Trinajstić information content (AvgIpc) is 2.98. The molecule has 0 unspecified atom stereocenters. The molecule has 0 bridgehead atoms. The number of rotatable bonds is 15. The van der Waals surface area contributed by atoms with Gasteiger partial charge in [0, 0.05) is 44.7 Å². The summed E-state index contributed by atoms with van der Waals surface area (Å²) in [5.74, 6) is -0.320. The quantitative estimate of drug-likeness (QED) is 0.0917. The van der Waals surface area contributed by atoms with E-state index in [0.717, 1.165) is 35.6 Å². The van der Waals surface area contributed by atoms with E-state index < -0.39 is 6.04 Å². The first-order valence-electron chi connectivity index (χ1n) is 15.0. The van der Waals surface area contributed by atoms with Crippen LogP contribution in [0.25, 0.3) is 10.8 Å². The number of likely N-dealkylation sites (N-methyl/N-ethyl adjacent to an activating group) is 1. The third kappa shape index (κ3) is 9.27. The van der Waals surface area contributed by atoms with Crippen LogP contribution in [0, 0.1) is 11.3 Å². The molecule has 0 saturated heterocycles. The first-order valence-corrected chi connectivity index (χ1v) is 15.0. The standard InChI is InChI=1S/C33H43N7O3/c1-40(22-29(24-10-3-2-4-11-24)39-31(42)25-13-7-14-25)32(43)28(15-8-18-38-33(34)35)36-19-20-37-30(41)27-17-16-23-9-5-6-12-26(23)21-27/h2-6,9-12,16-17,21,25,28-29,36H,7-8,13-15,18-20,22H2,1H3,(H,37,41)(H,39,42)(H4,34,35,38)/t28-,29+/m0/s1. The Balaban J connectivity index is 1.35. The molecular weight excluding hydrogens is 542 g/mol. The van der Waals surface area contributed by atoms with Gasteiger partial charge in [-0.15, -0.1) is 0 Å². The van der Waals surface area contributed by atoms with Crippen LogP contribution in [-0.4, -0.2) is 67.8 Å². The van der Waals surface area contributed by atoms with E-state index in [1.807, 2.05) is 66.7 Å². The number of nitrogens with one attached hydrogen (secondary N) is 5. The van der Waals surface area contributed by atoms with Crippen LogP contribution in [-0.2, 0) is 9.59 Å². The van der Waals surface area contributed by atoms with Crippen molar-refractivity contribution in [3.05, 3.63) is 83.9 Å². The lowest BCUT2D eigenvalue weighted by molar-refractivity contribution is -0.134. The predicted octanol–water partition coefficient (Wildman–Crippen LogP) is 2.91. The summed E-state index contributed by atoms with van der Waals surface area (Å²) < 4.78 is 0. The van der Waals surface area contributed by atoms with Crippen LogP contribution >= 0.6 is 0 Å². The van der Waals surface area contributed by atoms with Gasteiger partial charge in [-0.25, -0.2) is 0 Å². The van der Waals surface area contributed by atoms with E-state index in [9.17, 15) is 14.4 Å². The fourth-order valence-electron chi connectivity index (χ4n) is 5.21. The molecule has 0 aliphatic heterocycles. The van der Waals surface area contributed by atoms with Crippen molar-refractivity contribution in [2.75, 3.05) is 33.2 Å². The van der Waals surface area contributed by atoms with Crippen LogP contribution in [0.1, 0.15) is 54.1 Å². The van der Waals surface area contributed by atoms with Gasteiger partial charge in [-0.05, 0) is 54.2 Å². The SMILES string of the molecule is CN(C[C@@H](NC(=O)C1CCC1)c1ccccc1)C(=O)[C@H](CCCNC(=N)N)NCCNC(=O)c1ccc2ccccc2c1. The highest BCUT2D eigenvalue weighted by molar-refractivity contribution is 5.98. The zero-order chi connectivity index (χ0) is 30.6. The summed E-state index contributed by atoms with van der Waals surface area (Å²) in [6.07, 6.45) is 3.99. The van der Waals surface area contributed by atoms with Gasteiger partial charge < -0.3 is 31.9 Å². The number of benzene rings is 3. The number of amides is 3. The minimum absolute atomic E-state index is 0.0353. The minimum Gasteiger partial charge on any atom is -0.370 e. The van der Waals surface area contributed by atoms with Crippen molar-refractivity contribution in [1.29, 1.82) is 5.41 Å². The van der Waals surface area contributed by atoms with E-state index in [4.69, 9.17) is 11.1 Å². The maximum Gasteiger partial charge on any atom is 0.251 e. The van der Waals surface area contributed by atoms with Crippen molar-refractivity contribution in [1.82, 2.24) is 26.2 Å². The zero-order valence-corrected chi connectivity index (χ0v) is 24.8. The van der Waals surface area contributed by atoms with Gasteiger partial charge >= 0.3 is 0 Å². The Kier molecular flexibility index (Phi) is 11.5. The molecule has 1 saturated carbocycles. The second kappa shape index (κ2) is 15.7. The number of nitrogens with zero attached hydrogens (tertiary/aromatic N) is 1. The Hall–Kier alpha value is -4.44. The van der Waals surface area contributed by atoms with E-state index in [-0.39, 0.29) is 35.6 Å². The lowest BCUT2D eigenvalue weighted by atomic mass is 9.84. The van der Waals surface area contributed by atoms with Crippen molar-refractivity contribution >= 4 is 34.5 Å². The molecule has 0 aromatic heterocycles. The summed E-state index contributed by atoms with van der Waals surface area (Å²) in [6.45, 7) is 1.52. The largest absolute Gasteiger partial charge is 0.370 e. The molecular formula is C33H43N7O3. The van der Waals surface area contributed by atoms with E-state index in [0.29, 0.717) is 44.6 Å². The Morgan fingerprint density at radius 3 is 2.35 bits per heavy atom. The van der Waals surface area contributed by atoms with Crippen LogP contribution in [0.4, 0.5) is 0 Å². The number of fused-ring (bicyclic) bond motifs is 1. The van der Waals surface area contributed by atoms with E-state index in [2.05, 4.69) is 21.3 Å². The van der Waals surface area contributed by atoms with Crippen LogP contribution in [0.5, 0.6) is 0 Å². The smallest absolute Gasteiger partial charge is 0.251 e. The van der Waals surface area contributed by atoms with E-state index in [1.54, 1.807) is 18.0 Å². The normalized spacial score (nSPS) is 14.3. The summed E-state index contributed by atoms with van der Waals surface area (Å²) in [7, 11) is 1.75. The van der Waals surface area contributed by atoms with Gasteiger partial charge in [0.2, 0.25) is 11.8 Å². The van der Waals surface area contributed by atoms with Gasteiger partial charge in [0.05, 0.1) is 12.1 Å². The van der Waals surface area contributed by atoms with Gasteiger partial charge in [0.1, 0.15) is 0 Å². The highest BCUT2D eigenvalue weighted by atomic mass is 16.2. The molecule has 3 aromatic rings. The molecule has 43 heavy (non-hydrogen) atoms. The monoisotopic (exact) mass is 585 g/mol. The van der Waals surface area contributed by atoms with Crippen LogP contribution in [0.3, 0.4) is 0 Å². The highest BCUT2D eigenvalue weighted by Crippen LogP contribution is 2.27. The highest BCUT2D eigenvalue weighted by Gasteiger charge is 2.29. The molecule has 10 nitrogen and oxygen atoms in total. The number of carbonyl (C=O) groups is 3. The second-order valence-electron chi connectivity index (χ2n) is 11.1. The summed E-state index contributed by atoms with van der Waals surface area (Å²) in [4.78, 5) is 40.9. The third-order valence-corrected chi connectivity index (χ3v) is 7.92. The molecule has 0 heterocycles. The van der Waals surface area contributed by atoms with Crippen molar-refractivity contribution < 1.29 is 14.4 Å². The molecule has 3 amide bonds. The number of hydrogen-bond donors (Lipinski definition) is 6. The van der Waals surface area contributed by atoms with Crippen molar-refractivity contribution in [2.24, 2.45) is 11.7 Å². The van der Waals surface area contributed by atoms with E-state index in [1.165, 1.54) is 0 Å². The minimum atomic E-state index is -0.518. The summed E-state index contributed by atoms with van der Waals surface area (Å²) in [5, 5.41) is 21.7. The van der Waals surface area contributed by atoms with Gasteiger partial charge in [0.25, 0.3) is 5.91 Å². The number of hydrogen-bond acceptors (Lipinski definition) is 5. The van der Waals surface area contributed by atoms with Gasteiger partial charge in [0.15, 0.2) is 5.96 Å². The van der Waals surface area contributed by atoms with Gasteiger partial charge in [-0.1, -0.05) is 67.1 Å². The molecule has 0 radical (unpaired) electrons. The lowest BCUT2D eigenvalue weighted by Crippen LogP contribution is -2.50. The Labute approximate surface area is 253 Å². The van der Waals surface area contributed by atoms with Crippen LogP contribution in [0.2, 0.25) is 0 Å². The fraction of sp³-hybridized carbons (Fsp3) is 0.394. The molecule has 2 atom stereocenters. The lowest BCUT2D eigenvalue weighted by Gasteiger charge is -2.31. The number of nitrogens with two attached hydrogens (primary N) is 1. The van der Waals surface area contributed by atoms with Gasteiger partial charge in [-0.2, -0.15) is 0 Å². The molecule has 7 N–H and O–H groups in total. The van der Waals surface area contributed by atoms with Crippen LogP contribution in [0.15, 0.2) is 72.8 Å². The maximum atomic E-state index is 13.7. The summed E-state index contributed by atoms with van der Waals surface area (Å²) in [6, 6.07) is 22.4. The first-order chi connectivity index (χ1) is 20.8. The Morgan fingerprint density at radius 1 is 0.930 bits per heavy atom. The number of carbonyl (C=O) groups excluding carboxylic acids is 3. The molecule has 1 aliphatic rings. The fourth-order valence-corrected chi connectivity index (χ4v) is 5.21. The first kappa shape index (κ1) is 31.5. The Morgan fingerprint density at radius 2 is 1.65 bits per heavy atom. The Bertz CT molecular complexity index is 1390. The van der Waals surface area contributed by atoms with Crippen molar-refractivity contribution in [2.45, 2.75) is 44.2 Å². The number of guanidine groups is 1. The molecule has 1 fully saturated rings. The average molecular weight is 586 g/mol. The maximum absolute atomic E-state index is 13.7. The topological polar surface area (TPSA) is 152 Å². The van der Waals surface area contributed by atoms with E-state index >= 15 is 0 Å². The predicted molar refractivity (Wildman–Crippen MR) is 170 cm³/mol. The van der Waals surface area contributed by atoms with Crippen molar-refractivity contribution in [3.63, 3.8) is 0 Å². The molecule has 3 aromatic carbocycles. The van der Waals surface area contributed by atoms with Crippen molar-refractivity contribution in [3.8, 4) is 0 Å². The summed E-state index contributed by atoms with van der Waals surface area (Å²) >= 11 is 0. The van der Waals surface area contributed by atoms with Gasteiger partial charge in [-0.3, -0.25) is 19.8 Å². The molecule has 4 rings (SSSR count). The molecule has 1 aliphatic carbocycles.